The molecule has 1 aliphatic heterocycles. The molecule has 1 aliphatic rings. The van der Waals surface area contributed by atoms with Crippen LogP contribution in [0.3, 0.4) is 0 Å². The topological polar surface area (TPSA) is 97.3 Å². The third kappa shape index (κ3) is 8.38. The van der Waals surface area contributed by atoms with E-state index >= 15 is 0 Å². The number of morpholine rings is 1. The zero-order chi connectivity index (χ0) is 23.2. The van der Waals surface area contributed by atoms with Crippen molar-refractivity contribution in [3.8, 4) is 0 Å². The predicted octanol–water partition coefficient (Wildman–Crippen LogP) is 3.96. The summed E-state index contributed by atoms with van der Waals surface area (Å²) in [5.74, 6) is 0. The summed E-state index contributed by atoms with van der Waals surface area (Å²) < 4.78 is 16.7. The SMILES string of the molecule is CC(C)(C)OC(=O)Nc1ccccc1CC[C@@H]1CN(C(=O)OC(C)(C)C)[C@H](CO)CO1. The van der Waals surface area contributed by atoms with Crippen molar-refractivity contribution >= 4 is 17.9 Å². The first-order valence-electron chi connectivity index (χ1n) is 10.7. The van der Waals surface area contributed by atoms with Gasteiger partial charge in [-0.15, -0.1) is 0 Å². The largest absolute Gasteiger partial charge is 0.444 e. The summed E-state index contributed by atoms with van der Waals surface area (Å²) >= 11 is 0. The molecule has 2 N–H and O–H groups in total. The lowest BCUT2D eigenvalue weighted by Gasteiger charge is -2.39. The smallest absolute Gasteiger partial charge is 0.412 e. The van der Waals surface area contributed by atoms with Crippen LogP contribution in [0.4, 0.5) is 15.3 Å². The second-order valence-corrected chi connectivity index (χ2v) is 9.75. The molecule has 1 aromatic rings. The Labute approximate surface area is 184 Å². The van der Waals surface area contributed by atoms with Crippen molar-refractivity contribution in [3.05, 3.63) is 29.8 Å². The van der Waals surface area contributed by atoms with Crippen molar-refractivity contribution < 1.29 is 28.9 Å². The Bertz CT molecular complexity index is 753. The van der Waals surface area contributed by atoms with E-state index in [1.807, 2.05) is 65.8 Å². The summed E-state index contributed by atoms with van der Waals surface area (Å²) in [4.78, 5) is 26.3. The number of carbonyl (C=O) groups excluding carboxylic acids is 2. The maximum Gasteiger partial charge on any atom is 0.412 e. The van der Waals surface area contributed by atoms with E-state index in [-0.39, 0.29) is 19.3 Å². The van der Waals surface area contributed by atoms with Crippen molar-refractivity contribution in [1.29, 1.82) is 0 Å². The quantitative estimate of drug-likeness (QED) is 0.725. The van der Waals surface area contributed by atoms with Crippen LogP contribution in [0.15, 0.2) is 24.3 Å². The molecule has 0 radical (unpaired) electrons. The lowest BCUT2D eigenvalue weighted by molar-refractivity contribution is -0.0820. The number of nitrogens with one attached hydrogen (secondary N) is 1. The lowest BCUT2D eigenvalue weighted by atomic mass is 10.0. The Balaban J connectivity index is 2.00. The molecule has 0 spiro atoms. The van der Waals surface area contributed by atoms with Crippen LogP contribution in [-0.2, 0) is 20.6 Å². The van der Waals surface area contributed by atoms with Gasteiger partial charge in [-0.2, -0.15) is 0 Å². The fourth-order valence-corrected chi connectivity index (χ4v) is 3.22. The maximum atomic E-state index is 12.6. The number of ether oxygens (including phenoxy) is 3. The number of carbonyl (C=O) groups is 2. The molecule has 8 heteroatoms. The van der Waals surface area contributed by atoms with Gasteiger partial charge >= 0.3 is 12.2 Å². The van der Waals surface area contributed by atoms with Crippen LogP contribution in [-0.4, -0.2) is 65.3 Å². The van der Waals surface area contributed by atoms with E-state index in [1.54, 1.807) is 4.90 Å². The Morgan fingerprint density at radius 3 is 2.39 bits per heavy atom. The Morgan fingerprint density at radius 1 is 1.13 bits per heavy atom. The van der Waals surface area contributed by atoms with Crippen LogP contribution < -0.4 is 5.32 Å². The zero-order valence-corrected chi connectivity index (χ0v) is 19.4. The molecule has 0 bridgehead atoms. The Hall–Kier alpha value is -2.32. The number of aliphatic hydroxyl groups excluding tert-OH is 1. The normalized spacial score (nSPS) is 19.6. The third-order valence-corrected chi connectivity index (χ3v) is 4.59. The molecule has 2 rings (SSSR count). The van der Waals surface area contributed by atoms with E-state index in [9.17, 15) is 14.7 Å². The second-order valence-electron chi connectivity index (χ2n) is 9.75. The third-order valence-electron chi connectivity index (χ3n) is 4.59. The van der Waals surface area contributed by atoms with Gasteiger partial charge in [0.05, 0.1) is 31.9 Å². The number of anilines is 1. The summed E-state index contributed by atoms with van der Waals surface area (Å²) in [6.07, 6.45) is 0.125. The van der Waals surface area contributed by atoms with Gasteiger partial charge in [-0.05, 0) is 66.0 Å². The van der Waals surface area contributed by atoms with Crippen molar-refractivity contribution in [2.45, 2.75) is 77.7 Å². The van der Waals surface area contributed by atoms with Crippen LogP contribution in [0.25, 0.3) is 0 Å². The van der Waals surface area contributed by atoms with Crippen LogP contribution in [0, 0.1) is 0 Å². The van der Waals surface area contributed by atoms with Crippen molar-refractivity contribution in [2.24, 2.45) is 0 Å². The summed E-state index contributed by atoms with van der Waals surface area (Å²) in [5, 5.41) is 12.4. The lowest BCUT2D eigenvalue weighted by Crippen LogP contribution is -2.55. The highest BCUT2D eigenvalue weighted by Gasteiger charge is 2.34. The zero-order valence-electron chi connectivity index (χ0n) is 19.4. The Morgan fingerprint density at radius 2 is 1.77 bits per heavy atom. The number of aliphatic hydroxyl groups is 1. The molecular formula is C23H36N2O6. The number of hydrogen-bond acceptors (Lipinski definition) is 6. The first kappa shape index (κ1) is 24.9. The van der Waals surface area contributed by atoms with Gasteiger partial charge < -0.3 is 19.3 Å². The second kappa shape index (κ2) is 10.3. The standard InChI is InChI=1S/C23H36N2O6/c1-22(2,3)30-20(27)24-19-10-8-7-9-16(19)11-12-18-13-25(17(14-26)15-29-18)21(28)31-23(4,5)6/h7-10,17-18,26H,11-15H2,1-6H3,(H,24,27)/t17-,18-/m1/s1. The average Bonchev–Trinajstić information content (AvgIpc) is 2.64. The number of hydrogen-bond donors (Lipinski definition) is 2. The van der Waals surface area contributed by atoms with Gasteiger partial charge in [-0.3, -0.25) is 10.2 Å². The van der Waals surface area contributed by atoms with E-state index in [1.165, 1.54) is 0 Å². The first-order chi connectivity index (χ1) is 14.4. The maximum absolute atomic E-state index is 12.6. The molecule has 2 atom stereocenters. The average molecular weight is 437 g/mol. The molecule has 8 nitrogen and oxygen atoms in total. The Kier molecular flexibility index (Phi) is 8.31. The molecule has 1 fully saturated rings. The van der Waals surface area contributed by atoms with E-state index in [4.69, 9.17) is 14.2 Å². The molecule has 0 aromatic heterocycles. The summed E-state index contributed by atoms with van der Waals surface area (Å²) in [5.41, 5.74) is 0.440. The van der Waals surface area contributed by atoms with Gasteiger partial charge in [0.1, 0.15) is 11.2 Å². The predicted molar refractivity (Wildman–Crippen MR) is 118 cm³/mol. The van der Waals surface area contributed by atoms with Gasteiger partial charge in [0.25, 0.3) is 0 Å². The van der Waals surface area contributed by atoms with Crippen LogP contribution in [0.2, 0.25) is 0 Å². The van der Waals surface area contributed by atoms with E-state index in [0.29, 0.717) is 25.1 Å². The molecule has 1 aromatic carbocycles. The number of benzene rings is 1. The van der Waals surface area contributed by atoms with Gasteiger partial charge in [0.2, 0.25) is 0 Å². The molecule has 0 aliphatic carbocycles. The van der Waals surface area contributed by atoms with Crippen molar-refractivity contribution in [2.75, 3.05) is 25.1 Å². The summed E-state index contributed by atoms with van der Waals surface area (Å²) in [7, 11) is 0. The number of nitrogens with zero attached hydrogens (tertiary/aromatic N) is 1. The number of amides is 2. The minimum atomic E-state index is -0.614. The molecule has 0 unspecified atom stereocenters. The number of aryl methyl sites for hydroxylation is 1. The van der Waals surface area contributed by atoms with Gasteiger partial charge in [0, 0.05) is 5.69 Å². The summed E-state index contributed by atoms with van der Waals surface area (Å²) in [6.45, 7) is 11.3. The van der Waals surface area contributed by atoms with E-state index < -0.39 is 29.4 Å². The van der Waals surface area contributed by atoms with Crippen LogP contribution in [0.5, 0.6) is 0 Å². The monoisotopic (exact) mass is 436 g/mol. The summed E-state index contributed by atoms with van der Waals surface area (Å²) in [6, 6.07) is 7.11. The van der Waals surface area contributed by atoms with E-state index in [0.717, 1.165) is 5.56 Å². The van der Waals surface area contributed by atoms with Crippen LogP contribution >= 0.6 is 0 Å². The van der Waals surface area contributed by atoms with Gasteiger partial charge in [-0.25, -0.2) is 9.59 Å². The van der Waals surface area contributed by atoms with Crippen molar-refractivity contribution in [3.63, 3.8) is 0 Å². The van der Waals surface area contributed by atoms with Crippen molar-refractivity contribution in [1.82, 2.24) is 4.90 Å². The highest BCUT2D eigenvalue weighted by molar-refractivity contribution is 5.85. The van der Waals surface area contributed by atoms with Gasteiger partial charge in [-0.1, -0.05) is 18.2 Å². The minimum absolute atomic E-state index is 0.186. The number of rotatable bonds is 5. The van der Waals surface area contributed by atoms with E-state index in [2.05, 4.69) is 5.32 Å². The molecule has 31 heavy (non-hydrogen) atoms. The minimum Gasteiger partial charge on any atom is -0.444 e. The fourth-order valence-electron chi connectivity index (χ4n) is 3.22. The molecule has 174 valence electrons. The molecule has 0 saturated carbocycles. The fraction of sp³-hybridized carbons (Fsp3) is 0.652. The van der Waals surface area contributed by atoms with Gasteiger partial charge in [0.15, 0.2) is 0 Å². The van der Waals surface area contributed by atoms with Crippen LogP contribution in [0.1, 0.15) is 53.5 Å². The molecule has 1 heterocycles. The molecular weight excluding hydrogens is 400 g/mol. The highest BCUT2D eigenvalue weighted by atomic mass is 16.6. The highest BCUT2D eigenvalue weighted by Crippen LogP contribution is 2.23. The first-order valence-corrected chi connectivity index (χ1v) is 10.7. The number of para-hydroxylation sites is 1. The molecule has 1 saturated heterocycles. The molecule has 2 amide bonds.